The number of phenolic OH excluding ortho intramolecular Hbond substituents is 1. The summed E-state index contributed by atoms with van der Waals surface area (Å²) in [7, 11) is 1.78. The van der Waals surface area contributed by atoms with Gasteiger partial charge in [0.05, 0.1) is 23.6 Å². The molecule has 1 N–H and O–H groups in total. The largest absolute Gasteiger partial charge is 0.508 e. The van der Waals surface area contributed by atoms with Crippen LogP contribution < -0.4 is 10.5 Å². The zero-order valence-electron chi connectivity index (χ0n) is 17.2. The van der Waals surface area contributed by atoms with E-state index in [2.05, 4.69) is 24.0 Å². The van der Waals surface area contributed by atoms with E-state index in [4.69, 9.17) is 4.98 Å². The Morgan fingerprint density at radius 3 is 2.47 bits per heavy atom. The minimum atomic E-state index is -0.109. The molecule has 1 atom stereocenters. The lowest BCUT2D eigenvalue weighted by Crippen LogP contribution is -2.33. The first kappa shape index (κ1) is 19.7. The van der Waals surface area contributed by atoms with Gasteiger partial charge in [-0.25, -0.2) is 4.98 Å². The third kappa shape index (κ3) is 3.79. The van der Waals surface area contributed by atoms with Crippen LogP contribution in [0, 0.1) is 0 Å². The molecular formula is C25H25N3O2. The van der Waals surface area contributed by atoms with E-state index in [0.29, 0.717) is 12.2 Å². The smallest absolute Gasteiger partial charge is 0.274 e. The molecule has 152 valence electrons. The van der Waals surface area contributed by atoms with Gasteiger partial charge in [0, 0.05) is 18.8 Å². The van der Waals surface area contributed by atoms with Crippen LogP contribution in [-0.4, -0.2) is 14.7 Å². The van der Waals surface area contributed by atoms with Gasteiger partial charge in [-0.05, 0) is 36.2 Å². The first-order chi connectivity index (χ1) is 14.6. The molecule has 1 aromatic heterocycles. The van der Waals surface area contributed by atoms with Crippen LogP contribution in [0.25, 0.3) is 11.0 Å². The van der Waals surface area contributed by atoms with Gasteiger partial charge in [-0.2, -0.15) is 0 Å². The minimum absolute atomic E-state index is 0.0333. The van der Waals surface area contributed by atoms with Crippen molar-refractivity contribution in [3.8, 4) is 5.75 Å². The highest BCUT2D eigenvalue weighted by molar-refractivity contribution is 5.74. The number of hydrogen-bond acceptors (Lipinski definition) is 4. The number of phenols is 1. The number of fused-ring (bicyclic) bond motifs is 1. The van der Waals surface area contributed by atoms with Crippen LogP contribution in [0.5, 0.6) is 5.75 Å². The maximum absolute atomic E-state index is 13.1. The fourth-order valence-corrected chi connectivity index (χ4v) is 3.97. The number of hydrogen-bond donors (Lipinski definition) is 1. The van der Waals surface area contributed by atoms with Crippen LogP contribution in [-0.2, 0) is 13.6 Å². The zero-order chi connectivity index (χ0) is 21.1. The van der Waals surface area contributed by atoms with Crippen molar-refractivity contribution in [3.05, 3.63) is 100 Å². The molecule has 0 bridgehead atoms. The molecule has 5 nitrogen and oxygen atoms in total. The van der Waals surface area contributed by atoms with Gasteiger partial charge in [0.1, 0.15) is 11.4 Å². The molecule has 3 aromatic carbocycles. The number of benzene rings is 3. The van der Waals surface area contributed by atoms with Crippen molar-refractivity contribution in [1.82, 2.24) is 9.55 Å². The average Bonchev–Trinajstić information content (AvgIpc) is 2.77. The highest BCUT2D eigenvalue weighted by atomic mass is 16.3. The number of aromatic hydroxyl groups is 1. The highest BCUT2D eigenvalue weighted by Crippen LogP contribution is 2.32. The molecule has 0 radical (unpaired) electrons. The van der Waals surface area contributed by atoms with Gasteiger partial charge in [-0.3, -0.25) is 4.79 Å². The van der Waals surface area contributed by atoms with E-state index in [-0.39, 0.29) is 17.4 Å². The van der Waals surface area contributed by atoms with E-state index in [9.17, 15) is 9.90 Å². The summed E-state index contributed by atoms with van der Waals surface area (Å²) in [6.07, 6.45) is 0.841. The maximum atomic E-state index is 13.1. The van der Waals surface area contributed by atoms with Gasteiger partial charge in [0.2, 0.25) is 0 Å². The second-order valence-electron chi connectivity index (χ2n) is 7.39. The van der Waals surface area contributed by atoms with Crippen molar-refractivity contribution in [2.45, 2.75) is 25.9 Å². The Bertz CT molecular complexity index is 1220. The van der Waals surface area contributed by atoms with Crippen molar-refractivity contribution in [1.29, 1.82) is 0 Å². The molecule has 0 spiro atoms. The van der Waals surface area contributed by atoms with E-state index < -0.39 is 0 Å². The highest BCUT2D eigenvalue weighted by Gasteiger charge is 2.22. The predicted molar refractivity (Wildman–Crippen MR) is 121 cm³/mol. The average molecular weight is 399 g/mol. The van der Waals surface area contributed by atoms with Crippen molar-refractivity contribution in [2.24, 2.45) is 7.05 Å². The van der Waals surface area contributed by atoms with E-state index in [1.54, 1.807) is 23.7 Å². The Labute approximate surface area is 175 Å². The van der Waals surface area contributed by atoms with Crippen molar-refractivity contribution in [2.75, 3.05) is 4.90 Å². The predicted octanol–water partition coefficient (Wildman–Crippen LogP) is 4.80. The van der Waals surface area contributed by atoms with Gasteiger partial charge in [-0.15, -0.1) is 0 Å². The Hall–Kier alpha value is -3.60. The molecule has 5 heteroatoms. The van der Waals surface area contributed by atoms with Gasteiger partial charge in [0.25, 0.3) is 5.56 Å². The summed E-state index contributed by atoms with van der Waals surface area (Å²) >= 11 is 0. The molecule has 4 rings (SSSR count). The Morgan fingerprint density at radius 1 is 1.00 bits per heavy atom. The first-order valence-electron chi connectivity index (χ1n) is 10.1. The summed E-state index contributed by atoms with van der Waals surface area (Å²) in [4.78, 5) is 19.9. The summed E-state index contributed by atoms with van der Waals surface area (Å²) in [6.45, 7) is 2.47. The van der Waals surface area contributed by atoms with Crippen LogP contribution in [0.1, 0.15) is 30.6 Å². The molecule has 0 amide bonds. The molecule has 30 heavy (non-hydrogen) atoms. The molecule has 0 aliphatic rings. The van der Waals surface area contributed by atoms with Gasteiger partial charge >= 0.3 is 0 Å². The normalized spacial score (nSPS) is 12.1. The second-order valence-corrected chi connectivity index (χ2v) is 7.39. The maximum Gasteiger partial charge on any atom is 0.274 e. The van der Waals surface area contributed by atoms with Gasteiger partial charge < -0.3 is 14.6 Å². The van der Waals surface area contributed by atoms with Crippen LogP contribution >= 0.6 is 0 Å². The number of para-hydroxylation sites is 2. The summed E-state index contributed by atoms with van der Waals surface area (Å²) < 4.78 is 1.65. The topological polar surface area (TPSA) is 58.4 Å². The number of anilines is 1. The minimum Gasteiger partial charge on any atom is -0.508 e. The first-order valence-corrected chi connectivity index (χ1v) is 10.1. The van der Waals surface area contributed by atoms with E-state index >= 15 is 0 Å². The van der Waals surface area contributed by atoms with Gasteiger partial charge in [-0.1, -0.05) is 55.5 Å². The fraction of sp³-hybridized carbons (Fsp3) is 0.200. The molecule has 0 saturated carbocycles. The van der Waals surface area contributed by atoms with Crippen LogP contribution in [0.4, 0.5) is 5.69 Å². The van der Waals surface area contributed by atoms with E-state index in [1.165, 1.54) is 0 Å². The molecule has 0 unspecified atom stereocenters. The lowest BCUT2D eigenvalue weighted by atomic mass is 10.0. The zero-order valence-corrected chi connectivity index (χ0v) is 17.2. The third-order valence-electron chi connectivity index (χ3n) is 5.48. The van der Waals surface area contributed by atoms with Crippen molar-refractivity contribution < 1.29 is 5.11 Å². The van der Waals surface area contributed by atoms with Crippen LogP contribution in [0.2, 0.25) is 0 Å². The Kier molecular flexibility index (Phi) is 5.53. The van der Waals surface area contributed by atoms with Crippen LogP contribution in [0.15, 0.2) is 83.7 Å². The Balaban J connectivity index is 1.84. The molecule has 0 aliphatic carbocycles. The van der Waals surface area contributed by atoms with E-state index in [1.807, 2.05) is 54.6 Å². The van der Waals surface area contributed by atoms with Crippen molar-refractivity contribution in [3.63, 3.8) is 0 Å². The second kappa shape index (κ2) is 8.41. The van der Waals surface area contributed by atoms with E-state index in [0.717, 1.165) is 28.7 Å². The molecule has 0 fully saturated rings. The molecule has 1 heterocycles. The summed E-state index contributed by atoms with van der Waals surface area (Å²) in [5, 5.41) is 10.1. The Morgan fingerprint density at radius 2 is 1.73 bits per heavy atom. The number of rotatable bonds is 6. The molecular weight excluding hydrogens is 374 g/mol. The SMILES string of the molecule is CC[C@@H](c1ccccc1)N(Cc1nc2ccccc2n(C)c1=O)c1cccc(O)c1. The summed E-state index contributed by atoms with van der Waals surface area (Å²) in [6, 6.07) is 25.1. The van der Waals surface area contributed by atoms with Gasteiger partial charge in [0.15, 0.2) is 0 Å². The quantitative estimate of drug-likeness (QED) is 0.506. The lowest BCUT2D eigenvalue weighted by molar-refractivity contribution is 0.474. The summed E-state index contributed by atoms with van der Waals surface area (Å²) in [5.41, 5.74) is 3.97. The third-order valence-corrected chi connectivity index (χ3v) is 5.48. The van der Waals surface area contributed by atoms with Crippen molar-refractivity contribution >= 4 is 16.7 Å². The monoisotopic (exact) mass is 399 g/mol. The summed E-state index contributed by atoms with van der Waals surface area (Å²) in [5.74, 6) is 0.194. The lowest BCUT2D eigenvalue weighted by Gasteiger charge is -2.33. The number of nitrogens with zero attached hydrogens (tertiary/aromatic N) is 3. The number of aryl methyl sites for hydroxylation is 1. The van der Waals surface area contributed by atoms with Crippen LogP contribution in [0.3, 0.4) is 0 Å². The molecule has 0 saturated heterocycles. The fourth-order valence-electron chi connectivity index (χ4n) is 3.97. The molecule has 0 aliphatic heterocycles. The standard InChI is InChI=1S/C25H25N3O2/c1-3-23(18-10-5-4-6-11-18)28(19-12-9-13-20(29)16-19)17-22-25(30)27(2)24-15-8-7-14-21(24)26-22/h4-16,23,29H,3,17H2,1-2H3/t23-/m0/s1. The number of aromatic nitrogens is 2. The molecule has 4 aromatic rings.